The van der Waals surface area contributed by atoms with Gasteiger partial charge in [0.1, 0.15) is 0 Å². The molecule has 134 valence electrons. The number of benzene rings is 2. The van der Waals surface area contributed by atoms with E-state index in [0.29, 0.717) is 11.3 Å². The summed E-state index contributed by atoms with van der Waals surface area (Å²) in [6.45, 7) is 0. The lowest BCUT2D eigenvalue weighted by Crippen LogP contribution is -2.12. The molecule has 0 saturated carbocycles. The first-order valence-electron chi connectivity index (χ1n) is 7.65. The summed E-state index contributed by atoms with van der Waals surface area (Å²) in [5.74, 6) is -4.75. The zero-order valence-corrected chi connectivity index (χ0v) is 13.6. The van der Waals surface area contributed by atoms with Gasteiger partial charge in [0.2, 0.25) is 0 Å². The van der Waals surface area contributed by atoms with E-state index in [1.165, 1.54) is 18.5 Å². The van der Waals surface area contributed by atoms with Gasteiger partial charge in [-0.25, -0.2) is 13.2 Å². The van der Waals surface area contributed by atoms with E-state index in [9.17, 15) is 18.0 Å². The van der Waals surface area contributed by atoms with E-state index in [0.717, 1.165) is 12.1 Å². The highest BCUT2D eigenvalue weighted by Gasteiger charge is 2.14. The molecule has 2 aromatic carbocycles. The predicted octanol–water partition coefficient (Wildman–Crippen LogP) is 4.37. The van der Waals surface area contributed by atoms with Crippen molar-refractivity contribution in [3.05, 3.63) is 83.4 Å². The molecule has 27 heavy (non-hydrogen) atoms. The smallest absolute Gasteiger partial charge is 0.257 e. The van der Waals surface area contributed by atoms with Gasteiger partial charge in [-0.05, 0) is 42.5 Å². The Hall–Kier alpha value is -3.86. The Morgan fingerprint density at radius 2 is 1.70 bits per heavy atom. The minimum absolute atomic E-state index is 0.160. The maximum absolute atomic E-state index is 13.8. The Bertz CT molecular complexity index is 1050. The SMILES string of the molecule is N#Cc1ccc(NC(=O)c2cncc(Nc3ccc(F)c(F)c3F)c2)cc1. The lowest BCUT2D eigenvalue weighted by molar-refractivity contribution is 0.102. The van der Waals surface area contributed by atoms with Gasteiger partial charge < -0.3 is 10.6 Å². The van der Waals surface area contributed by atoms with Crippen molar-refractivity contribution in [1.29, 1.82) is 5.26 Å². The van der Waals surface area contributed by atoms with Crippen LogP contribution in [0.15, 0.2) is 54.9 Å². The minimum Gasteiger partial charge on any atom is -0.352 e. The third-order valence-corrected chi connectivity index (χ3v) is 3.59. The van der Waals surface area contributed by atoms with Gasteiger partial charge in [0, 0.05) is 11.9 Å². The summed E-state index contributed by atoms with van der Waals surface area (Å²) in [5, 5.41) is 14.0. The monoisotopic (exact) mass is 368 g/mol. The second-order valence-corrected chi connectivity index (χ2v) is 5.45. The van der Waals surface area contributed by atoms with Crippen LogP contribution >= 0.6 is 0 Å². The first kappa shape index (κ1) is 17.9. The molecule has 5 nitrogen and oxygen atoms in total. The molecule has 0 aliphatic rings. The Morgan fingerprint density at radius 1 is 0.963 bits per heavy atom. The number of carbonyl (C=O) groups excluding carboxylic acids is 1. The largest absolute Gasteiger partial charge is 0.352 e. The molecule has 3 aromatic rings. The number of aromatic nitrogens is 1. The van der Waals surface area contributed by atoms with Gasteiger partial charge in [-0.2, -0.15) is 5.26 Å². The van der Waals surface area contributed by atoms with Crippen LogP contribution in [0.5, 0.6) is 0 Å². The Balaban J connectivity index is 1.77. The maximum atomic E-state index is 13.8. The quantitative estimate of drug-likeness (QED) is 0.671. The normalized spacial score (nSPS) is 10.1. The Morgan fingerprint density at radius 3 is 2.41 bits per heavy atom. The van der Waals surface area contributed by atoms with Crippen LogP contribution in [0.2, 0.25) is 0 Å². The summed E-state index contributed by atoms with van der Waals surface area (Å²) in [5.41, 5.74) is 1.01. The molecule has 0 bridgehead atoms. The van der Waals surface area contributed by atoms with E-state index in [2.05, 4.69) is 15.6 Å². The van der Waals surface area contributed by atoms with Crippen LogP contribution in [-0.2, 0) is 0 Å². The number of hydrogen-bond acceptors (Lipinski definition) is 4. The van der Waals surface area contributed by atoms with Crippen molar-refractivity contribution >= 4 is 23.0 Å². The molecule has 1 amide bonds. The summed E-state index contributed by atoms with van der Waals surface area (Å²) in [7, 11) is 0. The molecule has 8 heteroatoms. The zero-order valence-electron chi connectivity index (χ0n) is 13.6. The third kappa shape index (κ3) is 4.04. The van der Waals surface area contributed by atoms with Crippen LogP contribution in [0.4, 0.5) is 30.2 Å². The Kier molecular flexibility index (Phi) is 5.04. The summed E-state index contributed by atoms with van der Waals surface area (Å²) in [6.07, 6.45) is 2.60. The van der Waals surface area contributed by atoms with E-state index >= 15 is 0 Å². The van der Waals surface area contributed by atoms with Gasteiger partial charge in [-0.3, -0.25) is 9.78 Å². The van der Waals surface area contributed by atoms with Gasteiger partial charge in [-0.15, -0.1) is 0 Å². The van der Waals surface area contributed by atoms with Crippen molar-refractivity contribution in [3.63, 3.8) is 0 Å². The van der Waals surface area contributed by atoms with Crippen LogP contribution in [0.1, 0.15) is 15.9 Å². The summed E-state index contributed by atoms with van der Waals surface area (Å²) >= 11 is 0. The molecular formula is C19H11F3N4O. The minimum atomic E-state index is -1.59. The number of hydrogen-bond donors (Lipinski definition) is 2. The Labute approximate surface area is 152 Å². The fourth-order valence-electron chi connectivity index (χ4n) is 2.24. The first-order valence-corrected chi connectivity index (χ1v) is 7.65. The van der Waals surface area contributed by atoms with Crippen LogP contribution < -0.4 is 10.6 Å². The molecule has 0 aliphatic carbocycles. The molecule has 0 atom stereocenters. The molecule has 0 radical (unpaired) electrons. The number of nitriles is 1. The fourth-order valence-corrected chi connectivity index (χ4v) is 2.24. The number of pyridine rings is 1. The average Bonchev–Trinajstić information content (AvgIpc) is 2.69. The molecule has 0 unspecified atom stereocenters. The highest BCUT2D eigenvalue weighted by Crippen LogP contribution is 2.24. The van der Waals surface area contributed by atoms with Crippen LogP contribution in [0.25, 0.3) is 0 Å². The van der Waals surface area contributed by atoms with Crippen LogP contribution in [0, 0.1) is 28.8 Å². The summed E-state index contributed by atoms with van der Waals surface area (Å²) in [6, 6.07) is 11.4. The van der Waals surface area contributed by atoms with Crippen molar-refractivity contribution in [3.8, 4) is 6.07 Å². The number of rotatable bonds is 4. The molecule has 3 rings (SSSR count). The highest BCUT2D eigenvalue weighted by molar-refractivity contribution is 6.04. The second kappa shape index (κ2) is 7.58. The maximum Gasteiger partial charge on any atom is 0.257 e. The number of amides is 1. The topological polar surface area (TPSA) is 77.8 Å². The van der Waals surface area contributed by atoms with Crippen molar-refractivity contribution < 1.29 is 18.0 Å². The lowest BCUT2D eigenvalue weighted by atomic mass is 10.2. The van der Waals surface area contributed by atoms with Gasteiger partial charge in [0.15, 0.2) is 17.5 Å². The van der Waals surface area contributed by atoms with Crippen molar-refractivity contribution in [1.82, 2.24) is 4.98 Å². The second-order valence-electron chi connectivity index (χ2n) is 5.45. The molecule has 0 fully saturated rings. The number of carbonyl (C=O) groups is 1. The van der Waals surface area contributed by atoms with Crippen LogP contribution in [0.3, 0.4) is 0 Å². The molecule has 1 heterocycles. The van der Waals surface area contributed by atoms with E-state index in [1.807, 2.05) is 6.07 Å². The third-order valence-electron chi connectivity index (χ3n) is 3.59. The average molecular weight is 368 g/mol. The lowest BCUT2D eigenvalue weighted by Gasteiger charge is -2.10. The molecule has 0 aliphatic heterocycles. The van der Waals surface area contributed by atoms with Gasteiger partial charge in [0.05, 0.1) is 34.8 Å². The number of anilines is 3. The van der Waals surface area contributed by atoms with Crippen molar-refractivity contribution in [2.45, 2.75) is 0 Å². The summed E-state index contributed by atoms with van der Waals surface area (Å²) < 4.78 is 40.1. The number of halogens is 3. The molecular weight excluding hydrogens is 357 g/mol. The van der Waals surface area contributed by atoms with Crippen molar-refractivity contribution in [2.24, 2.45) is 0 Å². The zero-order chi connectivity index (χ0) is 19.4. The standard InChI is InChI=1S/C19H11F3N4O/c20-15-5-6-16(18(22)17(15)21)25-14-7-12(9-24-10-14)19(27)26-13-3-1-11(8-23)2-4-13/h1-7,9-10,25H,(H,26,27). The van der Waals surface area contributed by atoms with Crippen molar-refractivity contribution in [2.75, 3.05) is 10.6 Å². The first-order chi connectivity index (χ1) is 13.0. The van der Waals surface area contributed by atoms with E-state index in [4.69, 9.17) is 5.26 Å². The van der Waals surface area contributed by atoms with E-state index in [1.54, 1.807) is 24.3 Å². The summed E-state index contributed by atoms with van der Waals surface area (Å²) in [4.78, 5) is 16.2. The molecule has 1 aromatic heterocycles. The van der Waals surface area contributed by atoms with Gasteiger partial charge in [-0.1, -0.05) is 0 Å². The highest BCUT2D eigenvalue weighted by atomic mass is 19.2. The molecule has 0 saturated heterocycles. The van der Waals surface area contributed by atoms with Crippen LogP contribution in [-0.4, -0.2) is 10.9 Å². The van der Waals surface area contributed by atoms with Gasteiger partial charge >= 0.3 is 0 Å². The fraction of sp³-hybridized carbons (Fsp3) is 0. The number of nitrogens with one attached hydrogen (secondary N) is 2. The number of nitrogens with zero attached hydrogens (tertiary/aromatic N) is 2. The van der Waals surface area contributed by atoms with Gasteiger partial charge in [0.25, 0.3) is 5.91 Å². The predicted molar refractivity (Wildman–Crippen MR) is 92.9 cm³/mol. The molecule has 0 spiro atoms. The van der Waals surface area contributed by atoms with E-state index in [-0.39, 0.29) is 16.9 Å². The molecule has 2 N–H and O–H groups in total. The van der Waals surface area contributed by atoms with E-state index < -0.39 is 23.4 Å².